The van der Waals surface area contributed by atoms with E-state index in [2.05, 4.69) is 24.2 Å². The van der Waals surface area contributed by atoms with Crippen molar-refractivity contribution in [2.45, 2.75) is 31.0 Å². The number of hydrazone groups is 1. The monoisotopic (exact) mass is 352 g/mol. The van der Waals surface area contributed by atoms with Crippen LogP contribution in [0.4, 0.5) is 4.39 Å². The van der Waals surface area contributed by atoms with Crippen LogP contribution in [0.5, 0.6) is 5.75 Å². The van der Waals surface area contributed by atoms with Crippen molar-refractivity contribution in [2.75, 3.05) is 20.1 Å². The first-order valence-electron chi connectivity index (χ1n) is 9.37. The molecular formula is C21H23FN3O+. The molecule has 2 aromatic carbocycles. The Morgan fingerprint density at radius 1 is 1.12 bits per heavy atom. The van der Waals surface area contributed by atoms with E-state index in [0.29, 0.717) is 12.0 Å². The summed E-state index contributed by atoms with van der Waals surface area (Å²) in [5, 5.41) is 7.06. The molecule has 3 aliphatic rings. The lowest BCUT2D eigenvalue weighted by Crippen LogP contribution is -3.11. The van der Waals surface area contributed by atoms with Crippen LogP contribution in [-0.4, -0.2) is 36.6 Å². The fraction of sp³-hybridized carbons (Fsp3) is 0.381. The van der Waals surface area contributed by atoms with Crippen LogP contribution in [0, 0.1) is 5.82 Å². The van der Waals surface area contributed by atoms with Crippen LogP contribution >= 0.6 is 0 Å². The van der Waals surface area contributed by atoms with Crippen molar-refractivity contribution in [3.63, 3.8) is 0 Å². The first-order valence-corrected chi connectivity index (χ1v) is 9.37. The molecule has 134 valence electrons. The highest BCUT2D eigenvalue weighted by Gasteiger charge is 2.52. The van der Waals surface area contributed by atoms with Crippen LogP contribution in [-0.2, 0) is 0 Å². The number of likely N-dealkylation sites (tertiary alicyclic amines) is 1. The van der Waals surface area contributed by atoms with Gasteiger partial charge in [0.2, 0.25) is 5.72 Å². The molecule has 3 aliphatic heterocycles. The quantitative estimate of drug-likeness (QED) is 0.854. The highest BCUT2D eigenvalue weighted by Crippen LogP contribution is 2.49. The maximum absolute atomic E-state index is 14.4. The molecular weight excluding hydrogens is 329 g/mol. The third-order valence-electron chi connectivity index (χ3n) is 5.98. The summed E-state index contributed by atoms with van der Waals surface area (Å²) >= 11 is 0. The highest BCUT2D eigenvalue weighted by molar-refractivity contribution is 6.02. The van der Waals surface area contributed by atoms with E-state index < -0.39 is 5.72 Å². The van der Waals surface area contributed by atoms with Gasteiger partial charge in [-0.3, -0.25) is 0 Å². The second kappa shape index (κ2) is 5.81. The van der Waals surface area contributed by atoms with Gasteiger partial charge in [-0.1, -0.05) is 36.4 Å². The molecule has 0 radical (unpaired) electrons. The molecule has 1 spiro atoms. The third-order valence-corrected chi connectivity index (χ3v) is 5.98. The zero-order chi connectivity index (χ0) is 17.7. The minimum absolute atomic E-state index is 0.118. The van der Waals surface area contributed by atoms with E-state index in [1.54, 1.807) is 6.07 Å². The zero-order valence-corrected chi connectivity index (χ0v) is 14.9. The largest absolute Gasteiger partial charge is 0.466 e. The van der Waals surface area contributed by atoms with Crippen LogP contribution in [0.25, 0.3) is 0 Å². The number of benzene rings is 2. The number of halogens is 1. The highest BCUT2D eigenvalue weighted by atomic mass is 19.1. The maximum atomic E-state index is 14.4. The molecule has 1 fully saturated rings. The average Bonchev–Trinajstić information content (AvgIpc) is 3.11. The molecule has 0 amide bonds. The van der Waals surface area contributed by atoms with Crippen LogP contribution < -0.4 is 9.64 Å². The van der Waals surface area contributed by atoms with Crippen molar-refractivity contribution >= 4 is 5.71 Å². The van der Waals surface area contributed by atoms with Crippen LogP contribution in [0.2, 0.25) is 0 Å². The molecule has 26 heavy (non-hydrogen) atoms. The number of piperidine rings is 1. The molecule has 0 aliphatic carbocycles. The second-order valence-corrected chi connectivity index (χ2v) is 7.63. The van der Waals surface area contributed by atoms with Gasteiger partial charge >= 0.3 is 0 Å². The first kappa shape index (κ1) is 15.8. The van der Waals surface area contributed by atoms with Gasteiger partial charge in [0.1, 0.15) is 11.6 Å². The number of ether oxygens (including phenoxy) is 1. The molecule has 0 bridgehead atoms. The van der Waals surface area contributed by atoms with Gasteiger partial charge in [0.05, 0.1) is 44.7 Å². The summed E-state index contributed by atoms with van der Waals surface area (Å²) in [6.07, 6.45) is 2.57. The predicted octanol–water partition coefficient (Wildman–Crippen LogP) is 2.37. The number of hydrogen-bond donors (Lipinski definition) is 1. The third kappa shape index (κ3) is 2.34. The number of rotatable bonds is 1. The fourth-order valence-electron chi connectivity index (χ4n) is 4.48. The zero-order valence-electron chi connectivity index (χ0n) is 14.9. The van der Waals surface area contributed by atoms with Gasteiger partial charge in [0.25, 0.3) is 0 Å². The van der Waals surface area contributed by atoms with E-state index in [-0.39, 0.29) is 11.9 Å². The molecule has 1 atom stereocenters. The van der Waals surface area contributed by atoms with E-state index in [4.69, 9.17) is 9.84 Å². The van der Waals surface area contributed by atoms with Gasteiger partial charge in [-0.2, -0.15) is 5.10 Å². The second-order valence-electron chi connectivity index (χ2n) is 7.63. The molecule has 5 heteroatoms. The summed E-state index contributed by atoms with van der Waals surface area (Å²) in [7, 11) is 2.22. The summed E-state index contributed by atoms with van der Waals surface area (Å²) < 4.78 is 20.9. The summed E-state index contributed by atoms with van der Waals surface area (Å²) in [5.74, 6) is 0.750. The van der Waals surface area contributed by atoms with Crippen LogP contribution in [0.1, 0.15) is 36.4 Å². The van der Waals surface area contributed by atoms with Gasteiger partial charge in [-0.15, -0.1) is 0 Å². The molecule has 0 saturated carbocycles. The summed E-state index contributed by atoms with van der Waals surface area (Å²) in [5.41, 5.74) is 2.16. The van der Waals surface area contributed by atoms with E-state index in [1.165, 1.54) is 11.0 Å². The van der Waals surface area contributed by atoms with Gasteiger partial charge in [0, 0.05) is 17.5 Å². The number of para-hydroxylation sites is 1. The summed E-state index contributed by atoms with van der Waals surface area (Å²) in [4.78, 5) is 1.52. The average molecular weight is 352 g/mol. The van der Waals surface area contributed by atoms with Gasteiger partial charge in [-0.25, -0.2) is 9.40 Å². The predicted molar refractivity (Wildman–Crippen MR) is 97.8 cm³/mol. The van der Waals surface area contributed by atoms with Crippen molar-refractivity contribution < 1.29 is 14.0 Å². The van der Waals surface area contributed by atoms with Crippen LogP contribution in [0.3, 0.4) is 0 Å². The first-order chi connectivity index (χ1) is 12.7. The Bertz CT molecular complexity index is 873. The lowest BCUT2D eigenvalue weighted by Gasteiger charge is -2.49. The minimum Gasteiger partial charge on any atom is -0.466 e. The molecule has 4 nitrogen and oxygen atoms in total. The molecule has 2 aromatic rings. The lowest BCUT2D eigenvalue weighted by atomic mass is 9.91. The van der Waals surface area contributed by atoms with Gasteiger partial charge < -0.3 is 9.64 Å². The lowest BCUT2D eigenvalue weighted by molar-refractivity contribution is -0.888. The van der Waals surface area contributed by atoms with Crippen molar-refractivity contribution in [3.8, 4) is 5.75 Å². The van der Waals surface area contributed by atoms with Gasteiger partial charge in [-0.05, 0) is 12.1 Å². The molecule has 0 unspecified atom stereocenters. The van der Waals surface area contributed by atoms with Crippen molar-refractivity contribution in [3.05, 3.63) is 65.5 Å². The number of hydrogen-bond acceptors (Lipinski definition) is 3. The number of nitrogens with one attached hydrogen (secondary N) is 1. The van der Waals surface area contributed by atoms with Crippen molar-refractivity contribution in [1.82, 2.24) is 5.01 Å². The molecule has 5 rings (SSSR count). The number of nitrogens with zero attached hydrogens (tertiary/aromatic N) is 2. The Kier molecular flexibility index (Phi) is 3.54. The molecule has 1 N–H and O–H groups in total. The Labute approximate surface area is 152 Å². The van der Waals surface area contributed by atoms with E-state index in [0.717, 1.165) is 43.0 Å². The topological polar surface area (TPSA) is 29.3 Å². The smallest absolute Gasteiger partial charge is 0.208 e. The Morgan fingerprint density at radius 2 is 1.85 bits per heavy atom. The standard InChI is InChI=1S/C21H22FN3O/c1-24-12-10-21(11-13-24)25-19(16-7-3-5-9-20(16)26-21)14-18(23-25)15-6-2-4-8-17(15)22/h2-9,19H,10-14H2,1H3/p+1/t19-/m0/s1. The molecule has 3 heterocycles. The van der Waals surface area contributed by atoms with Gasteiger partial charge in [0.15, 0.2) is 0 Å². The fourth-order valence-corrected chi connectivity index (χ4v) is 4.48. The molecule has 1 saturated heterocycles. The molecule has 0 aromatic heterocycles. The summed E-state index contributed by atoms with van der Waals surface area (Å²) in [6, 6.07) is 15.3. The Hall–Kier alpha value is -2.40. The van der Waals surface area contributed by atoms with E-state index in [9.17, 15) is 4.39 Å². The Morgan fingerprint density at radius 3 is 2.65 bits per heavy atom. The Balaban J connectivity index is 1.60. The number of fused-ring (bicyclic) bond motifs is 4. The van der Waals surface area contributed by atoms with E-state index >= 15 is 0 Å². The minimum atomic E-state index is -0.411. The maximum Gasteiger partial charge on any atom is 0.208 e. The number of quaternary nitrogens is 1. The van der Waals surface area contributed by atoms with Crippen molar-refractivity contribution in [1.29, 1.82) is 0 Å². The van der Waals surface area contributed by atoms with E-state index in [1.807, 2.05) is 24.3 Å². The SMILES string of the molecule is C[NH+]1CCC2(CC1)Oc1ccccc1[C@@H]1CC(c3ccccc3F)=NN12. The summed E-state index contributed by atoms with van der Waals surface area (Å²) in [6.45, 7) is 2.10. The van der Waals surface area contributed by atoms with Crippen molar-refractivity contribution in [2.24, 2.45) is 5.10 Å². The normalized spacial score (nSPS) is 29.8. The van der Waals surface area contributed by atoms with Crippen LogP contribution in [0.15, 0.2) is 53.6 Å².